The van der Waals surface area contributed by atoms with Crippen molar-refractivity contribution in [1.29, 1.82) is 0 Å². The zero-order valence-corrected chi connectivity index (χ0v) is 30.2. The molecule has 0 bridgehead atoms. The lowest BCUT2D eigenvalue weighted by atomic mass is 9.97. The first-order valence-electron chi connectivity index (χ1n) is 17.0. The molecule has 0 radical (unpaired) electrons. The molecule has 270 valence electrons. The number of nitrogens with two attached hydrogens (primary N) is 1. The largest absolute Gasteiger partial charge is 0.491 e. The number of hydrogen-bond acceptors (Lipinski definition) is 8. The lowest BCUT2D eigenvalue weighted by Gasteiger charge is -2.37. The number of amides is 1. The minimum atomic E-state index is -0.987. The molecule has 0 spiro atoms. The number of aliphatic imine (C=N–C) groups is 2. The molecule has 0 fully saturated rings. The van der Waals surface area contributed by atoms with Gasteiger partial charge in [0.25, 0.3) is 0 Å². The SMILES string of the molecule is C=C/C=C\C=C(/C)N=C1C(CCO)CN(C)C(/C(OC)=C(\N)C(=C)/C=C\C)=NC(CC)COCCCC(F)CCC(CCNC=O)N1C. The maximum atomic E-state index is 15.2. The van der Waals surface area contributed by atoms with Crippen molar-refractivity contribution in [3.63, 3.8) is 0 Å². The number of halogens is 1. The van der Waals surface area contributed by atoms with Crippen LogP contribution in [0.2, 0.25) is 0 Å². The predicted molar refractivity (Wildman–Crippen MR) is 196 cm³/mol. The van der Waals surface area contributed by atoms with Crippen LogP contribution in [-0.2, 0) is 14.3 Å². The molecule has 4 atom stereocenters. The van der Waals surface area contributed by atoms with Gasteiger partial charge in [0.05, 0.1) is 25.5 Å². The van der Waals surface area contributed by atoms with E-state index in [0.717, 1.165) is 11.5 Å². The Bertz CT molecular complexity index is 1180. The first-order valence-corrected chi connectivity index (χ1v) is 17.0. The van der Waals surface area contributed by atoms with Crippen LogP contribution in [0.3, 0.4) is 0 Å². The molecule has 10 nitrogen and oxygen atoms in total. The fraction of sp³-hybridized carbons (Fsp3) is 0.595. The molecule has 0 saturated carbocycles. The molecule has 4 N–H and O–H groups in total. The summed E-state index contributed by atoms with van der Waals surface area (Å²) in [5, 5.41) is 13.1. The number of nitrogens with zero attached hydrogens (tertiary/aromatic N) is 4. The maximum Gasteiger partial charge on any atom is 0.207 e. The van der Waals surface area contributed by atoms with Gasteiger partial charge in [-0.3, -0.25) is 9.79 Å². The van der Waals surface area contributed by atoms with Gasteiger partial charge in [0.2, 0.25) is 6.41 Å². The Kier molecular flexibility index (Phi) is 21.6. The Hall–Kier alpha value is -3.70. The number of aliphatic hydroxyl groups excluding tert-OH is 1. The minimum Gasteiger partial charge on any atom is -0.491 e. The van der Waals surface area contributed by atoms with Crippen molar-refractivity contribution in [2.24, 2.45) is 21.6 Å². The standard InChI is InChI=1S/C37H61FN6O4/c1-9-12-13-16-29(5)41-36-30(21-23-45)25-43(6)37(35(47-8)34(39)28(4)15-10-2)42-32(11-3)26-48-24-14-17-31(38)18-19-33(44(36)7)20-22-40-27-46/h9-10,12-13,15-16,27,30-33,45H,1,4,11,14,17-26,39H2,2-3,5-8H3,(H,40,46)/b13-12-,15-10-,29-16+,35-34+,41-36?,42-37?. The third-order valence-electron chi connectivity index (χ3n) is 8.26. The molecule has 1 heterocycles. The molecule has 0 saturated heterocycles. The van der Waals surface area contributed by atoms with Crippen molar-refractivity contribution in [2.45, 2.75) is 84.0 Å². The van der Waals surface area contributed by atoms with Gasteiger partial charge in [-0.1, -0.05) is 50.5 Å². The summed E-state index contributed by atoms with van der Waals surface area (Å²) in [6.45, 7) is 15.2. The van der Waals surface area contributed by atoms with Crippen LogP contribution in [0.4, 0.5) is 4.39 Å². The van der Waals surface area contributed by atoms with E-state index in [2.05, 4.69) is 23.4 Å². The molecule has 1 aliphatic rings. The third-order valence-corrected chi connectivity index (χ3v) is 8.26. The number of rotatable bonds is 14. The van der Waals surface area contributed by atoms with E-state index in [1.54, 1.807) is 13.2 Å². The zero-order valence-electron chi connectivity index (χ0n) is 30.2. The Morgan fingerprint density at radius 1 is 1.27 bits per heavy atom. The number of methoxy groups -OCH3 is 1. The highest BCUT2D eigenvalue weighted by Gasteiger charge is 2.29. The van der Waals surface area contributed by atoms with Gasteiger partial charge in [0.15, 0.2) is 11.6 Å². The molecule has 0 aliphatic carbocycles. The zero-order chi connectivity index (χ0) is 35.9. The molecule has 48 heavy (non-hydrogen) atoms. The van der Waals surface area contributed by atoms with E-state index in [1.165, 1.54) is 0 Å². The number of likely N-dealkylation sites (N-methyl/N-ethyl adjacent to an activating group) is 1. The van der Waals surface area contributed by atoms with E-state index >= 15 is 4.39 Å². The average molecular weight is 673 g/mol. The van der Waals surface area contributed by atoms with Crippen LogP contribution < -0.4 is 11.1 Å². The third kappa shape index (κ3) is 15.0. The van der Waals surface area contributed by atoms with Gasteiger partial charge in [-0.2, -0.15) is 0 Å². The van der Waals surface area contributed by atoms with E-state index < -0.39 is 6.17 Å². The van der Waals surface area contributed by atoms with Crippen molar-refractivity contribution in [2.75, 3.05) is 54.1 Å². The van der Waals surface area contributed by atoms with E-state index in [4.69, 9.17) is 25.2 Å². The second kappa shape index (κ2) is 24.4. The van der Waals surface area contributed by atoms with Crippen LogP contribution >= 0.6 is 0 Å². The maximum absolute atomic E-state index is 15.2. The van der Waals surface area contributed by atoms with Gasteiger partial charge in [0, 0.05) is 58.1 Å². The number of carbonyl (C=O) groups excluding carboxylic acids is 1. The molecular weight excluding hydrogens is 611 g/mol. The number of amidine groups is 2. The van der Waals surface area contributed by atoms with Crippen LogP contribution in [0.1, 0.15) is 65.7 Å². The van der Waals surface area contributed by atoms with Crippen LogP contribution in [0.25, 0.3) is 0 Å². The van der Waals surface area contributed by atoms with E-state index in [1.807, 2.05) is 70.1 Å². The highest BCUT2D eigenvalue weighted by Crippen LogP contribution is 2.23. The normalized spacial score (nSPS) is 24.3. The summed E-state index contributed by atoms with van der Waals surface area (Å²) in [4.78, 5) is 25.4. The van der Waals surface area contributed by atoms with Gasteiger partial charge in [-0.05, 0) is 70.4 Å². The summed E-state index contributed by atoms with van der Waals surface area (Å²) in [6, 6.07) is -0.341. The van der Waals surface area contributed by atoms with E-state index in [9.17, 15) is 9.90 Å². The smallest absolute Gasteiger partial charge is 0.207 e. The number of aliphatic hydroxyl groups is 1. The van der Waals surface area contributed by atoms with Crippen molar-refractivity contribution in [3.05, 3.63) is 72.3 Å². The van der Waals surface area contributed by atoms with Crippen LogP contribution in [0, 0.1) is 5.92 Å². The molecule has 0 aromatic rings. The number of ether oxygens (including phenoxy) is 2. The number of alkyl halides is 1. The summed E-state index contributed by atoms with van der Waals surface area (Å²) in [6.07, 6.45) is 14.2. The van der Waals surface area contributed by atoms with Crippen LogP contribution in [0.15, 0.2) is 82.3 Å². The molecule has 1 amide bonds. The monoisotopic (exact) mass is 672 g/mol. The molecule has 0 aromatic heterocycles. The van der Waals surface area contributed by atoms with Crippen molar-refractivity contribution < 1.29 is 23.8 Å². The fourth-order valence-electron chi connectivity index (χ4n) is 5.50. The van der Waals surface area contributed by atoms with Crippen molar-refractivity contribution in [3.8, 4) is 0 Å². The van der Waals surface area contributed by atoms with Gasteiger partial charge < -0.3 is 35.4 Å². The molecule has 4 unspecified atom stereocenters. The van der Waals surface area contributed by atoms with Gasteiger partial charge in [-0.15, -0.1) is 0 Å². The molecular formula is C37H61FN6O4. The van der Waals surface area contributed by atoms with Crippen LogP contribution in [0.5, 0.6) is 0 Å². The Balaban J connectivity index is 3.96. The summed E-state index contributed by atoms with van der Waals surface area (Å²) in [5.41, 5.74) is 8.32. The van der Waals surface area contributed by atoms with Crippen molar-refractivity contribution in [1.82, 2.24) is 15.1 Å². The lowest BCUT2D eigenvalue weighted by Crippen LogP contribution is -2.46. The summed E-state index contributed by atoms with van der Waals surface area (Å²) < 4.78 is 27.1. The summed E-state index contributed by atoms with van der Waals surface area (Å²) in [5.74, 6) is 1.36. The Morgan fingerprint density at radius 3 is 2.65 bits per heavy atom. The van der Waals surface area contributed by atoms with E-state index in [0.29, 0.717) is 101 Å². The molecule has 1 rings (SSSR count). The van der Waals surface area contributed by atoms with Crippen molar-refractivity contribution >= 4 is 18.1 Å². The summed E-state index contributed by atoms with van der Waals surface area (Å²) in [7, 11) is 5.43. The summed E-state index contributed by atoms with van der Waals surface area (Å²) >= 11 is 0. The van der Waals surface area contributed by atoms with Gasteiger partial charge in [-0.25, -0.2) is 9.38 Å². The van der Waals surface area contributed by atoms with E-state index in [-0.39, 0.29) is 24.6 Å². The van der Waals surface area contributed by atoms with Gasteiger partial charge >= 0.3 is 0 Å². The number of nitrogens with one attached hydrogen (secondary N) is 1. The minimum absolute atomic E-state index is 0.0838. The number of carbonyl (C=O) groups is 1. The average Bonchev–Trinajstić information content (AvgIpc) is 3.06. The first-order chi connectivity index (χ1) is 23.1. The van der Waals surface area contributed by atoms with Crippen LogP contribution in [-0.4, -0.2) is 105 Å². The molecule has 11 heteroatoms. The highest BCUT2D eigenvalue weighted by molar-refractivity contribution is 5.98. The molecule has 1 aliphatic heterocycles. The highest BCUT2D eigenvalue weighted by atomic mass is 19.1. The molecule has 0 aromatic carbocycles. The number of allylic oxidation sites excluding steroid dienone is 7. The first kappa shape index (κ1) is 42.3. The Morgan fingerprint density at radius 2 is 2.02 bits per heavy atom. The fourth-order valence-corrected chi connectivity index (χ4v) is 5.50. The second-order valence-corrected chi connectivity index (χ2v) is 12.0. The topological polar surface area (TPSA) is 125 Å². The predicted octanol–water partition coefficient (Wildman–Crippen LogP) is 5.45. The second-order valence-electron chi connectivity index (χ2n) is 12.0. The quantitative estimate of drug-likeness (QED) is 0.0970. The number of hydrogen-bond donors (Lipinski definition) is 3. The lowest BCUT2D eigenvalue weighted by molar-refractivity contribution is -0.109. The Labute approximate surface area is 288 Å². The van der Waals surface area contributed by atoms with Gasteiger partial charge in [0.1, 0.15) is 12.0 Å².